The first-order valence-electron chi connectivity index (χ1n) is 15.3. The topological polar surface area (TPSA) is 115 Å². The Bertz CT molecular complexity index is 1750. The molecule has 0 saturated carbocycles. The molecule has 0 amide bonds. The molecule has 12 heteroatoms. The summed E-state index contributed by atoms with van der Waals surface area (Å²) in [7, 11) is -3.46. The first kappa shape index (κ1) is 35.1. The van der Waals surface area contributed by atoms with E-state index in [2.05, 4.69) is 9.88 Å². The Morgan fingerprint density at radius 3 is 2.62 bits per heavy atom. The van der Waals surface area contributed by atoms with Crippen molar-refractivity contribution >= 4 is 44.9 Å². The van der Waals surface area contributed by atoms with E-state index in [9.17, 15) is 18.3 Å². The van der Waals surface area contributed by atoms with E-state index >= 15 is 0 Å². The number of rotatable bonds is 14. The van der Waals surface area contributed by atoms with Crippen LogP contribution in [0.25, 0.3) is 5.57 Å². The molecular formula is C35H38Cl2N2O7S. The van der Waals surface area contributed by atoms with Crippen LogP contribution in [0.3, 0.4) is 0 Å². The highest BCUT2D eigenvalue weighted by Gasteiger charge is 2.51. The van der Waals surface area contributed by atoms with Crippen LogP contribution in [-0.4, -0.2) is 85.4 Å². The smallest absolute Gasteiger partial charge is 0.177 e. The number of hydrogen-bond acceptors (Lipinski definition) is 9. The predicted octanol–water partition coefficient (Wildman–Crippen LogP) is 5.77. The Kier molecular flexibility index (Phi) is 11.1. The minimum atomic E-state index is -3.46. The molecule has 2 heterocycles. The number of hydrogen-bond donors (Lipinski definition) is 1. The minimum absolute atomic E-state index is 0.0178. The van der Waals surface area contributed by atoms with Gasteiger partial charge in [0.2, 0.25) is 0 Å². The van der Waals surface area contributed by atoms with Gasteiger partial charge in [0.25, 0.3) is 0 Å². The van der Waals surface area contributed by atoms with E-state index in [-0.39, 0.29) is 46.3 Å². The fraction of sp³-hybridized carbons (Fsp3) is 0.371. The van der Waals surface area contributed by atoms with E-state index in [4.69, 9.17) is 37.4 Å². The van der Waals surface area contributed by atoms with Crippen molar-refractivity contribution in [3.05, 3.63) is 101 Å². The van der Waals surface area contributed by atoms with Gasteiger partial charge in [-0.25, -0.2) is 8.42 Å². The average molecular weight is 702 g/mol. The number of carbonyl (C=O) groups excluding carboxylic acids is 1. The molecule has 250 valence electrons. The highest BCUT2D eigenvalue weighted by Crippen LogP contribution is 2.47. The molecule has 9 nitrogen and oxygen atoms in total. The van der Waals surface area contributed by atoms with Crippen molar-refractivity contribution in [1.29, 1.82) is 0 Å². The summed E-state index contributed by atoms with van der Waals surface area (Å²) < 4.78 is 42.9. The molecular weight excluding hydrogens is 663 g/mol. The van der Waals surface area contributed by atoms with E-state index in [1.807, 2.05) is 55.5 Å². The highest BCUT2D eigenvalue weighted by atomic mass is 35.5. The second-order valence-corrected chi connectivity index (χ2v) is 15.1. The number of allylic oxidation sites excluding steroid dienone is 2. The first-order valence-corrected chi connectivity index (χ1v) is 17.9. The number of β-amino-alcohol motifs (C(OH)–C–C–N with tert-alkyl or cyclic N) is 1. The van der Waals surface area contributed by atoms with Crippen molar-refractivity contribution in [2.24, 2.45) is 0 Å². The fourth-order valence-electron chi connectivity index (χ4n) is 5.76. The third-order valence-electron chi connectivity index (χ3n) is 8.47. The standard InChI is InChI=1S/C35H38Cl2N2O7S/c1-34(37)30(26-8-4-3-5-9-26)10-6-12-35(34,46-15-7-13-39-14-11-28(41)21-39)24-45-33-18-32(27(22-40)17-31(33)36)44-23-25-16-29(20-38-19-25)47(2,42)43/h3-6,8-10,12,16-20,22,28,41H,7,11,13-15,21,23-24H2,1-2H3/t28?,34-,35?/m1/s1. The van der Waals surface area contributed by atoms with Crippen molar-refractivity contribution in [2.45, 2.75) is 47.8 Å². The number of alkyl halides is 1. The van der Waals surface area contributed by atoms with Crippen LogP contribution in [0.2, 0.25) is 5.02 Å². The number of halogens is 2. The van der Waals surface area contributed by atoms with Gasteiger partial charge in [-0.15, -0.1) is 11.6 Å². The molecule has 0 spiro atoms. The molecule has 1 aliphatic carbocycles. The van der Waals surface area contributed by atoms with Crippen LogP contribution < -0.4 is 9.47 Å². The number of nitrogens with zero attached hydrogens (tertiary/aromatic N) is 2. The third-order valence-corrected chi connectivity index (χ3v) is 10.4. The van der Waals surface area contributed by atoms with Gasteiger partial charge in [-0.3, -0.25) is 9.78 Å². The first-order chi connectivity index (χ1) is 22.4. The lowest BCUT2D eigenvalue weighted by Crippen LogP contribution is -2.55. The maximum Gasteiger partial charge on any atom is 0.177 e. The van der Waals surface area contributed by atoms with Crippen molar-refractivity contribution in [2.75, 3.05) is 39.1 Å². The van der Waals surface area contributed by atoms with Gasteiger partial charge in [0.15, 0.2) is 16.1 Å². The normalized spacial score (nSPS) is 23.0. The molecule has 3 aromatic rings. The highest BCUT2D eigenvalue weighted by molar-refractivity contribution is 7.90. The fourth-order valence-corrected chi connectivity index (χ4v) is 6.95. The van der Waals surface area contributed by atoms with Crippen LogP contribution >= 0.6 is 23.2 Å². The Balaban J connectivity index is 1.37. The predicted molar refractivity (Wildman–Crippen MR) is 182 cm³/mol. The van der Waals surface area contributed by atoms with Gasteiger partial charge in [-0.2, -0.15) is 0 Å². The van der Waals surface area contributed by atoms with Gasteiger partial charge >= 0.3 is 0 Å². The molecule has 1 saturated heterocycles. The van der Waals surface area contributed by atoms with Gasteiger partial charge in [0, 0.05) is 56.5 Å². The molecule has 3 atom stereocenters. The molecule has 0 bridgehead atoms. The number of sulfone groups is 1. The number of aliphatic hydroxyl groups is 1. The Hall–Kier alpha value is -3.25. The SMILES string of the molecule is C[C@@]1(Cl)C(c2ccccc2)=CC=CC1(COc1cc(OCc2cncc(S(C)(=O)=O)c2)c(C=O)cc1Cl)OCCCN1CCC(O)C1. The van der Waals surface area contributed by atoms with Crippen molar-refractivity contribution in [3.8, 4) is 11.5 Å². The van der Waals surface area contributed by atoms with Crippen LogP contribution in [0.4, 0.5) is 0 Å². The summed E-state index contributed by atoms with van der Waals surface area (Å²) in [6.45, 7) is 4.51. The van der Waals surface area contributed by atoms with Crippen LogP contribution in [-0.2, 0) is 21.2 Å². The molecule has 2 aliphatic rings. The van der Waals surface area contributed by atoms with Gasteiger partial charge in [0.1, 0.15) is 35.2 Å². The zero-order chi connectivity index (χ0) is 33.7. The van der Waals surface area contributed by atoms with Crippen LogP contribution in [0.15, 0.2) is 84.0 Å². The van der Waals surface area contributed by atoms with Crippen molar-refractivity contribution in [1.82, 2.24) is 9.88 Å². The van der Waals surface area contributed by atoms with Gasteiger partial charge < -0.3 is 24.2 Å². The monoisotopic (exact) mass is 700 g/mol. The summed E-state index contributed by atoms with van der Waals surface area (Å²) in [4.78, 5) is 17.1. The summed E-state index contributed by atoms with van der Waals surface area (Å²) in [6, 6.07) is 14.3. The molecule has 1 N–H and O–H groups in total. The Morgan fingerprint density at radius 1 is 1.13 bits per heavy atom. The number of aromatic nitrogens is 1. The van der Waals surface area contributed by atoms with Crippen LogP contribution in [0, 0.1) is 0 Å². The maximum atomic E-state index is 12.0. The third kappa shape index (κ3) is 8.25. The van der Waals surface area contributed by atoms with Crippen molar-refractivity contribution in [3.63, 3.8) is 0 Å². The summed E-state index contributed by atoms with van der Waals surface area (Å²) >= 11 is 14.0. The summed E-state index contributed by atoms with van der Waals surface area (Å²) in [5.41, 5.74) is 1.39. The van der Waals surface area contributed by atoms with Gasteiger partial charge in [-0.05, 0) is 49.1 Å². The zero-order valence-corrected chi connectivity index (χ0v) is 28.6. The van der Waals surface area contributed by atoms with E-state index in [0.29, 0.717) is 25.0 Å². The second kappa shape index (κ2) is 14.9. The largest absolute Gasteiger partial charge is 0.488 e. The summed E-state index contributed by atoms with van der Waals surface area (Å²) in [5, 5.41) is 10.1. The van der Waals surface area contributed by atoms with Gasteiger partial charge in [-0.1, -0.05) is 54.1 Å². The summed E-state index contributed by atoms with van der Waals surface area (Å²) in [6.07, 6.45) is 11.5. The van der Waals surface area contributed by atoms with Crippen molar-refractivity contribution < 1.29 is 32.5 Å². The number of pyridine rings is 1. The number of aldehydes is 1. The zero-order valence-electron chi connectivity index (χ0n) is 26.3. The Morgan fingerprint density at radius 2 is 1.91 bits per heavy atom. The van der Waals surface area contributed by atoms with Gasteiger partial charge in [0.05, 0.1) is 21.6 Å². The number of aliphatic hydroxyl groups excluding tert-OH is 1. The lowest BCUT2D eigenvalue weighted by molar-refractivity contribution is -0.0540. The van der Waals surface area contributed by atoms with E-state index in [1.165, 1.54) is 30.6 Å². The van der Waals surface area contributed by atoms with E-state index < -0.39 is 20.3 Å². The van der Waals surface area contributed by atoms with E-state index in [1.54, 1.807) is 0 Å². The molecule has 1 fully saturated rings. The maximum absolute atomic E-state index is 12.0. The summed E-state index contributed by atoms with van der Waals surface area (Å²) in [5.74, 6) is 0.450. The Labute approximate surface area is 285 Å². The lowest BCUT2D eigenvalue weighted by Gasteiger charge is -2.45. The molecule has 1 aliphatic heterocycles. The molecule has 0 radical (unpaired) electrons. The molecule has 2 unspecified atom stereocenters. The minimum Gasteiger partial charge on any atom is -0.488 e. The molecule has 5 rings (SSSR count). The molecule has 1 aromatic heterocycles. The van der Waals surface area contributed by atoms with Crippen LogP contribution in [0.1, 0.15) is 41.3 Å². The number of benzene rings is 2. The number of ether oxygens (including phenoxy) is 3. The lowest BCUT2D eigenvalue weighted by atomic mass is 9.76. The van der Waals surface area contributed by atoms with Crippen LogP contribution in [0.5, 0.6) is 11.5 Å². The molecule has 2 aromatic carbocycles. The average Bonchev–Trinajstić information content (AvgIpc) is 3.47. The number of likely N-dealkylation sites (tertiary alicyclic amines) is 1. The number of carbonyl (C=O) groups is 1. The van der Waals surface area contributed by atoms with E-state index in [0.717, 1.165) is 43.3 Å². The quantitative estimate of drug-likeness (QED) is 0.127. The second-order valence-electron chi connectivity index (χ2n) is 12.0. The molecule has 47 heavy (non-hydrogen) atoms.